The standard InChI is InChI=1S/C19H32N4O2S/c1-15(2)22-26(24,25)14-18-10-6-5-9-17(18)12-21-19(20-4)23-11-7-8-16(3)13-23/h5-6,9-10,15-16,22H,7-8,11-14H2,1-4H3,(H,20,21). The second-order valence-electron chi connectivity index (χ2n) is 7.39. The molecular weight excluding hydrogens is 348 g/mol. The fourth-order valence-corrected chi connectivity index (χ4v) is 4.86. The first-order valence-corrected chi connectivity index (χ1v) is 11.0. The monoisotopic (exact) mass is 380 g/mol. The van der Waals surface area contributed by atoms with Crippen molar-refractivity contribution in [3.05, 3.63) is 35.4 Å². The summed E-state index contributed by atoms with van der Waals surface area (Å²) in [5.74, 6) is 1.54. The van der Waals surface area contributed by atoms with Crippen molar-refractivity contribution in [1.29, 1.82) is 0 Å². The van der Waals surface area contributed by atoms with E-state index in [0.29, 0.717) is 12.5 Å². The average molecular weight is 381 g/mol. The molecule has 0 amide bonds. The van der Waals surface area contributed by atoms with Crippen LogP contribution in [0.4, 0.5) is 0 Å². The Labute approximate surface area is 158 Å². The number of likely N-dealkylation sites (tertiary alicyclic amines) is 1. The van der Waals surface area contributed by atoms with Crippen molar-refractivity contribution in [3.63, 3.8) is 0 Å². The zero-order valence-corrected chi connectivity index (χ0v) is 17.1. The maximum atomic E-state index is 12.3. The highest BCUT2D eigenvalue weighted by molar-refractivity contribution is 7.88. The maximum absolute atomic E-state index is 12.3. The zero-order chi connectivity index (χ0) is 19.2. The Morgan fingerprint density at radius 2 is 2.00 bits per heavy atom. The first kappa shape index (κ1) is 20.7. The van der Waals surface area contributed by atoms with Crippen LogP contribution in [0.3, 0.4) is 0 Å². The molecule has 0 bridgehead atoms. The number of benzene rings is 1. The van der Waals surface area contributed by atoms with Crippen LogP contribution in [0.2, 0.25) is 0 Å². The third-order valence-corrected chi connectivity index (χ3v) is 6.01. The molecule has 26 heavy (non-hydrogen) atoms. The fraction of sp³-hybridized carbons (Fsp3) is 0.632. The number of rotatable bonds is 6. The minimum Gasteiger partial charge on any atom is -0.352 e. The summed E-state index contributed by atoms with van der Waals surface area (Å²) < 4.78 is 27.2. The van der Waals surface area contributed by atoms with Crippen LogP contribution in [0.15, 0.2) is 29.3 Å². The van der Waals surface area contributed by atoms with Crippen molar-refractivity contribution in [2.45, 2.75) is 52.0 Å². The van der Waals surface area contributed by atoms with E-state index in [0.717, 1.165) is 30.2 Å². The number of nitrogens with one attached hydrogen (secondary N) is 2. The summed E-state index contributed by atoms with van der Waals surface area (Å²) >= 11 is 0. The molecule has 1 saturated heterocycles. The highest BCUT2D eigenvalue weighted by atomic mass is 32.2. The molecule has 7 heteroatoms. The van der Waals surface area contributed by atoms with Crippen molar-refractivity contribution >= 4 is 16.0 Å². The number of piperidine rings is 1. The van der Waals surface area contributed by atoms with E-state index in [1.165, 1.54) is 12.8 Å². The van der Waals surface area contributed by atoms with Crippen LogP contribution in [0.1, 0.15) is 44.7 Å². The Hall–Kier alpha value is -1.60. The predicted octanol–water partition coefficient (Wildman–Crippen LogP) is 2.32. The molecule has 1 aromatic rings. The summed E-state index contributed by atoms with van der Waals surface area (Å²) in [7, 11) is -1.55. The largest absolute Gasteiger partial charge is 0.352 e. The summed E-state index contributed by atoms with van der Waals surface area (Å²) in [5.41, 5.74) is 1.79. The normalized spacial score (nSPS) is 19.0. The highest BCUT2D eigenvalue weighted by Gasteiger charge is 2.20. The molecule has 0 radical (unpaired) electrons. The van der Waals surface area contributed by atoms with Crippen LogP contribution in [-0.4, -0.2) is 45.5 Å². The summed E-state index contributed by atoms with van der Waals surface area (Å²) in [6.45, 7) is 8.50. The molecule has 2 rings (SSSR count). The second-order valence-corrected chi connectivity index (χ2v) is 9.15. The molecule has 0 saturated carbocycles. The van der Waals surface area contributed by atoms with Gasteiger partial charge < -0.3 is 10.2 Å². The Kier molecular flexibility index (Phi) is 7.46. The number of aliphatic imine (C=N–C) groups is 1. The van der Waals surface area contributed by atoms with Gasteiger partial charge in [-0.05, 0) is 43.7 Å². The summed E-state index contributed by atoms with van der Waals surface area (Å²) in [5, 5.41) is 3.40. The van der Waals surface area contributed by atoms with Gasteiger partial charge in [-0.1, -0.05) is 31.2 Å². The molecular formula is C19H32N4O2S. The van der Waals surface area contributed by atoms with E-state index in [1.807, 2.05) is 38.1 Å². The number of guanidine groups is 1. The molecule has 1 atom stereocenters. The molecule has 1 unspecified atom stereocenters. The summed E-state index contributed by atoms with van der Waals surface area (Å²) in [6.07, 6.45) is 2.44. The van der Waals surface area contributed by atoms with E-state index in [4.69, 9.17) is 0 Å². The lowest BCUT2D eigenvalue weighted by Gasteiger charge is -2.33. The predicted molar refractivity (Wildman–Crippen MR) is 108 cm³/mol. The van der Waals surface area contributed by atoms with Crippen LogP contribution < -0.4 is 10.0 Å². The fourth-order valence-electron chi connectivity index (χ4n) is 3.36. The third-order valence-electron chi connectivity index (χ3n) is 4.48. The molecule has 6 nitrogen and oxygen atoms in total. The second kappa shape index (κ2) is 9.37. The van der Waals surface area contributed by atoms with Crippen molar-refractivity contribution in [2.75, 3.05) is 20.1 Å². The van der Waals surface area contributed by atoms with Crippen molar-refractivity contribution in [3.8, 4) is 0 Å². The average Bonchev–Trinajstić information content (AvgIpc) is 2.55. The molecule has 1 aliphatic heterocycles. The highest BCUT2D eigenvalue weighted by Crippen LogP contribution is 2.16. The Balaban J connectivity index is 2.05. The van der Waals surface area contributed by atoms with E-state index in [2.05, 4.69) is 26.9 Å². The van der Waals surface area contributed by atoms with Gasteiger partial charge in [0.25, 0.3) is 0 Å². The zero-order valence-electron chi connectivity index (χ0n) is 16.3. The molecule has 0 aromatic heterocycles. The smallest absolute Gasteiger partial charge is 0.216 e. The van der Waals surface area contributed by atoms with Gasteiger partial charge in [0.05, 0.1) is 5.75 Å². The number of sulfonamides is 1. The van der Waals surface area contributed by atoms with Crippen molar-refractivity contribution in [1.82, 2.24) is 14.9 Å². The summed E-state index contributed by atoms with van der Waals surface area (Å²) in [6, 6.07) is 7.56. The Morgan fingerprint density at radius 3 is 2.62 bits per heavy atom. The molecule has 1 aromatic carbocycles. The van der Waals surface area contributed by atoms with Gasteiger partial charge in [-0.15, -0.1) is 0 Å². The SMILES string of the molecule is CN=C(NCc1ccccc1CS(=O)(=O)NC(C)C)N1CCCC(C)C1. The minimum atomic E-state index is -3.35. The first-order chi connectivity index (χ1) is 12.3. The molecule has 1 aliphatic rings. The third kappa shape index (κ3) is 6.29. The van der Waals surface area contributed by atoms with Crippen LogP contribution in [-0.2, 0) is 22.3 Å². The lowest BCUT2D eigenvalue weighted by molar-refractivity contribution is 0.266. The molecule has 2 N–H and O–H groups in total. The van der Waals surface area contributed by atoms with Gasteiger partial charge in [0.2, 0.25) is 10.0 Å². The molecule has 1 heterocycles. The molecule has 0 spiro atoms. The van der Waals surface area contributed by atoms with E-state index in [1.54, 1.807) is 7.05 Å². The van der Waals surface area contributed by atoms with E-state index >= 15 is 0 Å². The topological polar surface area (TPSA) is 73.8 Å². The van der Waals surface area contributed by atoms with Crippen LogP contribution in [0, 0.1) is 5.92 Å². The van der Waals surface area contributed by atoms with Gasteiger partial charge in [-0.3, -0.25) is 4.99 Å². The Morgan fingerprint density at radius 1 is 1.31 bits per heavy atom. The Bertz CT molecular complexity index is 716. The minimum absolute atomic E-state index is 0.0115. The lowest BCUT2D eigenvalue weighted by atomic mass is 10.0. The summed E-state index contributed by atoms with van der Waals surface area (Å²) in [4.78, 5) is 6.69. The number of hydrogen-bond acceptors (Lipinski definition) is 3. The number of nitrogens with zero attached hydrogens (tertiary/aromatic N) is 2. The van der Waals surface area contributed by atoms with Gasteiger partial charge in [-0.25, -0.2) is 13.1 Å². The molecule has 0 aliphatic carbocycles. The van der Waals surface area contributed by atoms with Gasteiger partial charge in [0.1, 0.15) is 0 Å². The van der Waals surface area contributed by atoms with Crippen molar-refractivity contribution < 1.29 is 8.42 Å². The van der Waals surface area contributed by atoms with Gasteiger partial charge in [0.15, 0.2) is 5.96 Å². The van der Waals surface area contributed by atoms with Gasteiger partial charge in [-0.2, -0.15) is 0 Å². The van der Waals surface area contributed by atoms with Gasteiger partial charge in [0, 0.05) is 32.7 Å². The maximum Gasteiger partial charge on any atom is 0.216 e. The number of hydrogen-bond donors (Lipinski definition) is 2. The first-order valence-electron chi connectivity index (χ1n) is 9.33. The van der Waals surface area contributed by atoms with E-state index < -0.39 is 10.0 Å². The quantitative estimate of drug-likeness (QED) is 0.587. The van der Waals surface area contributed by atoms with E-state index in [9.17, 15) is 8.42 Å². The van der Waals surface area contributed by atoms with Crippen LogP contribution in [0.5, 0.6) is 0 Å². The van der Waals surface area contributed by atoms with Crippen molar-refractivity contribution in [2.24, 2.45) is 10.9 Å². The van der Waals surface area contributed by atoms with Crippen LogP contribution >= 0.6 is 0 Å². The molecule has 146 valence electrons. The van der Waals surface area contributed by atoms with Gasteiger partial charge >= 0.3 is 0 Å². The van der Waals surface area contributed by atoms with Crippen LogP contribution in [0.25, 0.3) is 0 Å². The van der Waals surface area contributed by atoms with E-state index in [-0.39, 0.29) is 11.8 Å². The molecule has 1 fully saturated rings. The lowest BCUT2D eigenvalue weighted by Crippen LogP contribution is -2.46.